The first-order valence-corrected chi connectivity index (χ1v) is 9.47. The molecule has 0 saturated heterocycles. The highest BCUT2D eigenvalue weighted by molar-refractivity contribution is 9.10. The smallest absolute Gasteiger partial charge is 0.227 e. The van der Waals surface area contributed by atoms with Crippen LogP contribution >= 0.6 is 15.9 Å². The Morgan fingerprint density at radius 3 is 2.82 bits per heavy atom. The fourth-order valence-corrected chi connectivity index (χ4v) is 3.23. The van der Waals surface area contributed by atoms with E-state index in [-0.39, 0.29) is 13.2 Å². The zero-order valence-electron chi connectivity index (χ0n) is 15.1. The number of aryl methyl sites for hydroxylation is 1. The monoisotopic (exact) mass is 439 g/mol. The minimum Gasteiger partial charge on any atom is -0.491 e. The van der Waals surface area contributed by atoms with Gasteiger partial charge in [-0.05, 0) is 35.9 Å². The molecule has 2 aromatic carbocycles. The lowest BCUT2D eigenvalue weighted by Crippen LogP contribution is -2.03. The summed E-state index contributed by atoms with van der Waals surface area (Å²) in [5.41, 5.74) is 3.53. The van der Waals surface area contributed by atoms with Crippen molar-refractivity contribution in [1.29, 1.82) is 0 Å². The number of aromatic nitrogens is 4. The van der Waals surface area contributed by atoms with Crippen LogP contribution < -0.4 is 10.1 Å². The van der Waals surface area contributed by atoms with Crippen molar-refractivity contribution in [2.75, 3.05) is 18.5 Å². The molecule has 0 aliphatic heterocycles. The molecule has 2 aromatic heterocycles. The maximum atomic E-state index is 9.06. The number of nitrogens with one attached hydrogen (secondary N) is 1. The van der Waals surface area contributed by atoms with Gasteiger partial charge in [-0.2, -0.15) is 5.10 Å². The number of rotatable bonds is 6. The number of fused-ring (bicyclic) bond motifs is 1. The minimum absolute atomic E-state index is 0.0524. The van der Waals surface area contributed by atoms with Gasteiger partial charge in [-0.3, -0.25) is 4.68 Å². The van der Waals surface area contributed by atoms with Crippen LogP contribution in [0.4, 0.5) is 11.6 Å². The molecular formula is C20H18BrN5O2. The van der Waals surface area contributed by atoms with Crippen molar-refractivity contribution in [2.24, 2.45) is 7.05 Å². The quantitative estimate of drug-likeness (QED) is 0.473. The second-order valence-corrected chi connectivity index (χ2v) is 7.16. The lowest BCUT2D eigenvalue weighted by molar-refractivity contribution is 0.201. The molecule has 4 aromatic rings. The van der Waals surface area contributed by atoms with Crippen LogP contribution in [0.1, 0.15) is 0 Å². The van der Waals surface area contributed by atoms with Crippen LogP contribution in [0.25, 0.3) is 22.0 Å². The summed E-state index contributed by atoms with van der Waals surface area (Å²) in [4.78, 5) is 8.97. The van der Waals surface area contributed by atoms with Gasteiger partial charge in [-0.25, -0.2) is 9.97 Å². The second kappa shape index (κ2) is 7.95. The number of benzene rings is 2. The average Bonchev–Trinajstić information content (AvgIpc) is 3.13. The van der Waals surface area contributed by atoms with Gasteiger partial charge >= 0.3 is 0 Å². The predicted molar refractivity (Wildman–Crippen MR) is 112 cm³/mol. The highest BCUT2D eigenvalue weighted by Crippen LogP contribution is 2.30. The van der Waals surface area contributed by atoms with Gasteiger partial charge in [-0.15, -0.1) is 0 Å². The molecule has 7 nitrogen and oxygen atoms in total. The summed E-state index contributed by atoms with van der Waals surface area (Å²) < 4.78 is 8.35. The third-order valence-electron chi connectivity index (χ3n) is 4.10. The summed E-state index contributed by atoms with van der Waals surface area (Å²) >= 11 is 3.46. The van der Waals surface area contributed by atoms with Gasteiger partial charge in [0.25, 0.3) is 0 Å². The molecule has 0 spiro atoms. The lowest BCUT2D eigenvalue weighted by Gasteiger charge is -2.11. The first-order chi connectivity index (χ1) is 13.6. The SMILES string of the molecule is Cn1cc(-c2cc(Nc3ncc4cc(Br)ccc4n3)cc(OCCO)c2)cn1. The van der Waals surface area contributed by atoms with Crippen LogP contribution in [0.15, 0.2) is 59.5 Å². The molecule has 0 radical (unpaired) electrons. The van der Waals surface area contributed by atoms with E-state index in [2.05, 4.69) is 36.3 Å². The van der Waals surface area contributed by atoms with Gasteiger partial charge < -0.3 is 15.2 Å². The summed E-state index contributed by atoms with van der Waals surface area (Å²) in [5.74, 6) is 1.13. The van der Waals surface area contributed by atoms with Gasteiger partial charge in [0.1, 0.15) is 12.4 Å². The molecule has 28 heavy (non-hydrogen) atoms. The average molecular weight is 440 g/mol. The van der Waals surface area contributed by atoms with Crippen LogP contribution in [0, 0.1) is 0 Å². The lowest BCUT2D eigenvalue weighted by atomic mass is 10.1. The van der Waals surface area contributed by atoms with E-state index in [4.69, 9.17) is 9.84 Å². The Kier molecular flexibility index (Phi) is 5.23. The van der Waals surface area contributed by atoms with Crippen molar-refractivity contribution in [3.8, 4) is 16.9 Å². The first-order valence-electron chi connectivity index (χ1n) is 8.68. The summed E-state index contributed by atoms with van der Waals surface area (Å²) in [7, 11) is 1.87. The van der Waals surface area contributed by atoms with Crippen LogP contribution in [0.5, 0.6) is 5.75 Å². The van der Waals surface area contributed by atoms with Crippen LogP contribution in [0.2, 0.25) is 0 Å². The Balaban J connectivity index is 1.68. The van der Waals surface area contributed by atoms with Crippen molar-refractivity contribution >= 4 is 38.5 Å². The van der Waals surface area contributed by atoms with E-state index in [1.165, 1.54) is 0 Å². The minimum atomic E-state index is -0.0524. The number of hydrogen-bond donors (Lipinski definition) is 2. The molecule has 142 valence electrons. The van der Waals surface area contributed by atoms with Crippen molar-refractivity contribution in [2.45, 2.75) is 0 Å². The van der Waals surface area contributed by atoms with Crippen LogP contribution in [-0.4, -0.2) is 38.1 Å². The maximum absolute atomic E-state index is 9.06. The molecule has 0 atom stereocenters. The molecule has 0 bridgehead atoms. The molecule has 0 amide bonds. The largest absolute Gasteiger partial charge is 0.491 e. The first kappa shape index (κ1) is 18.4. The Labute approximate surface area is 170 Å². The predicted octanol–water partition coefficient (Wildman–Crippen LogP) is 3.91. The number of halogens is 1. The van der Waals surface area contributed by atoms with Gasteiger partial charge in [0.15, 0.2) is 0 Å². The number of aliphatic hydroxyl groups is 1. The topological polar surface area (TPSA) is 85.1 Å². The number of hydrogen-bond acceptors (Lipinski definition) is 6. The van der Waals surface area contributed by atoms with E-state index in [1.807, 2.05) is 49.6 Å². The molecule has 8 heteroatoms. The third kappa shape index (κ3) is 4.13. The van der Waals surface area contributed by atoms with E-state index >= 15 is 0 Å². The van der Waals surface area contributed by atoms with E-state index in [0.717, 1.165) is 32.2 Å². The number of ether oxygens (including phenoxy) is 1. The molecule has 0 fully saturated rings. The Hall–Kier alpha value is -2.97. The van der Waals surface area contributed by atoms with Gasteiger partial charge in [-0.1, -0.05) is 15.9 Å². The molecule has 2 N–H and O–H groups in total. The molecule has 0 unspecified atom stereocenters. The Morgan fingerprint density at radius 1 is 1.14 bits per heavy atom. The molecule has 4 rings (SSSR count). The van der Waals surface area contributed by atoms with Crippen molar-refractivity contribution in [1.82, 2.24) is 19.7 Å². The summed E-state index contributed by atoms with van der Waals surface area (Å²) in [6.07, 6.45) is 5.50. The summed E-state index contributed by atoms with van der Waals surface area (Å²) in [6, 6.07) is 11.6. The van der Waals surface area contributed by atoms with Crippen molar-refractivity contribution in [3.05, 3.63) is 59.5 Å². The van der Waals surface area contributed by atoms with E-state index < -0.39 is 0 Å². The highest BCUT2D eigenvalue weighted by atomic mass is 79.9. The Bertz CT molecular complexity index is 1130. The summed E-state index contributed by atoms with van der Waals surface area (Å²) in [5, 5.41) is 17.5. The Morgan fingerprint density at radius 2 is 2.04 bits per heavy atom. The molecule has 0 saturated carbocycles. The van der Waals surface area contributed by atoms with Gasteiger partial charge in [0.2, 0.25) is 5.95 Å². The zero-order valence-corrected chi connectivity index (χ0v) is 16.7. The highest BCUT2D eigenvalue weighted by Gasteiger charge is 2.08. The third-order valence-corrected chi connectivity index (χ3v) is 4.60. The maximum Gasteiger partial charge on any atom is 0.227 e. The van der Waals surface area contributed by atoms with Crippen LogP contribution in [-0.2, 0) is 7.05 Å². The van der Waals surface area contributed by atoms with E-state index in [0.29, 0.717) is 11.7 Å². The zero-order chi connectivity index (χ0) is 19.5. The fourth-order valence-electron chi connectivity index (χ4n) is 2.85. The number of nitrogens with zero attached hydrogens (tertiary/aromatic N) is 4. The van der Waals surface area contributed by atoms with Gasteiger partial charge in [0, 0.05) is 46.6 Å². The molecular weight excluding hydrogens is 422 g/mol. The van der Waals surface area contributed by atoms with Crippen molar-refractivity contribution in [3.63, 3.8) is 0 Å². The molecule has 2 heterocycles. The number of anilines is 2. The van der Waals surface area contributed by atoms with Crippen molar-refractivity contribution < 1.29 is 9.84 Å². The fraction of sp³-hybridized carbons (Fsp3) is 0.150. The molecule has 0 aliphatic rings. The van der Waals surface area contributed by atoms with Crippen LogP contribution in [0.3, 0.4) is 0 Å². The molecule has 0 aliphatic carbocycles. The van der Waals surface area contributed by atoms with E-state index in [1.54, 1.807) is 17.1 Å². The number of aliphatic hydroxyl groups excluding tert-OH is 1. The van der Waals surface area contributed by atoms with E-state index in [9.17, 15) is 0 Å². The standard InChI is InChI=1S/C20H18BrN5O2/c1-26-12-15(11-23-26)13-7-17(9-18(8-13)28-5-4-27)24-20-22-10-14-6-16(21)2-3-19(14)25-20/h2-3,6-12,27H,4-5H2,1H3,(H,22,24,25). The normalized spacial score (nSPS) is 11.0. The van der Waals surface area contributed by atoms with Gasteiger partial charge in [0.05, 0.1) is 18.3 Å². The summed E-state index contributed by atoms with van der Waals surface area (Å²) in [6.45, 7) is 0.167. The second-order valence-electron chi connectivity index (χ2n) is 6.24.